The highest BCUT2D eigenvalue weighted by Gasteiger charge is 2.26. The molecule has 1 aromatic heterocycles. The maximum Gasteiger partial charge on any atom is 0.191 e. The van der Waals surface area contributed by atoms with Crippen LogP contribution in [-0.4, -0.2) is 37.7 Å². The number of hydrogen-bond donors (Lipinski definition) is 2. The van der Waals surface area contributed by atoms with Crippen LogP contribution in [0.3, 0.4) is 0 Å². The zero-order valence-corrected chi connectivity index (χ0v) is 9.21. The fourth-order valence-electron chi connectivity index (χ4n) is 1.70. The molecular weight excluding hydrogens is 198 g/mol. The number of nitrogens with one attached hydrogen (secondary N) is 2. The Labute approximate surface area is 87.4 Å². The van der Waals surface area contributed by atoms with Gasteiger partial charge in [-0.3, -0.25) is 0 Å². The lowest BCUT2D eigenvalue weighted by atomic mass is 10.1. The Kier molecular flexibility index (Phi) is 3.02. The van der Waals surface area contributed by atoms with E-state index in [1.165, 1.54) is 12.2 Å². The highest BCUT2D eigenvalue weighted by atomic mass is 32.2. The standard InChI is InChI=1S/C8H15N5S/c1-5(8-10-12-13-11-8)9-7-3-4-14-6(7)2/h5-7,9H,3-4H2,1-2H3,(H,10,11,12,13). The predicted octanol–water partition coefficient (Wildman–Crippen LogP) is 0.744. The molecule has 0 amide bonds. The van der Waals surface area contributed by atoms with Gasteiger partial charge in [0.15, 0.2) is 5.82 Å². The number of thioether (sulfide) groups is 1. The molecule has 0 bridgehead atoms. The first kappa shape index (κ1) is 9.92. The summed E-state index contributed by atoms with van der Waals surface area (Å²) in [5.41, 5.74) is 0. The first-order chi connectivity index (χ1) is 6.77. The number of aromatic nitrogens is 4. The van der Waals surface area contributed by atoms with Gasteiger partial charge in [0.05, 0.1) is 6.04 Å². The third kappa shape index (κ3) is 2.06. The first-order valence-electron chi connectivity index (χ1n) is 4.88. The minimum atomic E-state index is 0.180. The van der Waals surface area contributed by atoms with Gasteiger partial charge in [-0.1, -0.05) is 12.1 Å². The van der Waals surface area contributed by atoms with E-state index in [4.69, 9.17) is 0 Å². The van der Waals surface area contributed by atoms with E-state index in [2.05, 4.69) is 39.8 Å². The van der Waals surface area contributed by atoms with Crippen molar-refractivity contribution in [3.8, 4) is 0 Å². The highest BCUT2D eigenvalue weighted by Crippen LogP contribution is 2.27. The smallest absolute Gasteiger partial charge is 0.191 e. The summed E-state index contributed by atoms with van der Waals surface area (Å²) in [5, 5.41) is 18.2. The topological polar surface area (TPSA) is 66.5 Å². The number of nitrogens with zero attached hydrogens (tertiary/aromatic N) is 3. The van der Waals surface area contributed by atoms with Crippen LogP contribution in [-0.2, 0) is 0 Å². The Hall–Kier alpha value is -0.620. The van der Waals surface area contributed by atoms with Gasteiger partial charge in [0.25, 0.3) is 0 Å². The molecule has 1 saturated heterocycles. The van der Waals surface area contributed by atoms with Crippen molar-refractivity contribution in [3.63, 3.8) is 0 Å². The molecule has 2 heterocycles. The summed E-state index contributed by atoms with van der Waals surface area (Å²) in [5.74, 6) is 1.99. The molecule has 14 heavy (non-hydrogen) atoms. The molecule has 0 aliphatic carbocycles. The van der Waals surface area contributed by atoms with Gasteiger partial charge in [0.2, 0.25) is 0 Å². The molecule has 5 nitrogen and oxygen atoms in total. The quantitative estimate of drug-likeness (QED) is 0.775. The maximum absolute atomic E-state index is 3.97. The molecule has 0 aromatic carbocycles. The van der Waals surface area contributed by atoms with Crippen molar-refractivity contribution in [2.75, 3.05) is 5.75 Å². The van der Waals surface area contributed by atoms with Crippen LogP contribution < -0.4 is 5.32 Å². The SMILES string of the molecule is CC(NC1CCSC1C)c1nn[nH]n1. The lowest BCUT2D eigenvalue weighted by Gasteiger charge is -2.19. The number of rotatable bonds is 3. The van der Waals surface area contributed by atoms with Crippen LogP contribution in [0.2, 0.25) is 0 Å². The Morgan fingerprint density at radius 3 is 3.07 bits per heavy atom. The summed E-state index contributed by atoms with van der Waals surface area (Å²) in [6.07, 6.45) is 1.23. The van der Waals surface area contributed by atoms with Gasteiger partial charge in [0, 0.05) is 11.3 Å². The molecule has 1 aliphatic heterocycles. The van der Waals surface area contributed by atoms with Gasteiger partial charge >= 0.3 is 0 Å². The van der Waals surface area contributed by atoms with E-state index in [0.717, 1.165) is 5.82 Å². The summed E-state index contributed by atoms with van der Waals surface area (Å²) in [7, 11) is 0. The van der Waals surface area contributed by atoms with E-state index in [0.29, 0.717) is 11.3 Å². The molecule has 3 unspecified atom stereocenters. The maximum atomic E-state index is 3.97. The van der Waals surface area contributed by atoms with Crippen LogP contribution in [0.25, 0.3) is 0 Å². The second-order valence-corrected chi connectivity index (χ2v) is 5.11. The lowest BCUT2D eigenvalue weighted by molar-refractivity contribution is 0.441. The van der Waals surface area contributed by atoms with Crippen molar-refractivity contribution < 1.29 is 0 Å². The second kappa shape index (κ2) is 4.27. The summed E-state index contributed by atoms with van der Waals surface area (Å²) < 4.78 is 0. The molecule has 78 valence electrons. The summed E-state index contributed by atoms with van der Waals surface area (Å²) in [4.78, 5) is 0. The number of tetrazole rings is 1. The average molecular weight is 213 g/mol. The lowest BCUT2D eigenvalue weighted by Crippen LogP contribution is -2.35. The molecule has 0 saturated carbocycles. The average Bonchev–Trinajstić information content (AvgIpc) is 2.77. The van der Waals surface area contributed by atoms with Crippen molar-refractivity contribution in [2.45, 2.75) is 37.6 Å². The van der Waals surface area contributed by atoms with E-state index in [-0.39, 0.29) is 6.04 Å². The fraction of sp³-hybridized carbons (Fsp3) is 0.875. The van der Waals surface area contributed by atoms with Gasteiger partial charge < -0.3 is 5.32 Å². The third-order valence-corrected chi connectivity index (χ3v) is 3.92. The summed E-state index contributed by atoms with van der Waals surface area (Å²) in [6, 6.07) is 0.758. The molecule has 3 atom stereocenters. The van der Waals surface area contributed by atoms with Crippen LogP contribution in [0.5, 0.6) is 0 Å². The Morgan fingerprint density at radius 2 is 2.50 bits per heavy atom. The second-order valence-electron chi connectivity index (χ2n) is 3.63. The van der Waals surface area contributed by atoms with Crippen molar-refractivity contribution in [1.82, 2.24) is 25.9 Å². The largest absolute Gasteiger partial charge is 0.303 e. The van der Waals surface area contributed by atoms with Crippen molar-refractivity contribution in [2.24, 2.45) is 0 Å². The van der Waals surface area contributed by atoms with E-state index in [9.17, 15) is 0 Å². The van der Waals surface area contributed by atoms with Crippen molar-refractivity contribution >= 4 is 11.8 Å². The molecule has 6 heteroatoms. The molecule has 1 fully saturated rings. The molecular formula is C8H15N5S. The predicted molar refractivity (Wildman–Crippen MR) is 56.1 cm³/mol. The minimum absolute atomic E-state index is 0.180. The van der Waals surface area contributed by atoms with E-state index in [1.807, 2.05) is 11.8 Å². The van der Waals surface area contributed by atoms with Crippen LogP contribution in [0.15, 0.2) is 0 Å². The van der Waals surface area contributed by atoms with Crippen LogP contribution >= 0.6 is 11.8 Å². The highest BCUT2D eigenvalue weighted by molar-refractivity contribution is 8.00. The van der Waals surface area contributed by atoms with Gasteiger partial charge in [-0.25, -0.2) is 0 Å². The normalized spacial score (nSPS) is 29.3. The van der Waals surface area contributed by atoms with Crippen LogP contribution in [0, 0.1) is 0 Å². The number of hydrogen-bond acceptors (Lipinski definition) is 5. The molecule has 1 aromatic rings. The summed E-state index contributed by atoms with van der Waals surface area (Å²) in [6.45, 7) is 4.33. The zero-order valence-electron chi connectivity index (χ0n) is 8.40. The Morgan fingerprint density at radius 1 is 1.64 bits per heavy atom. The van der Waals surface area contributed by atoms with Gasteiger partial charge in [-0.05, 0) is 19.1 Å². The molecule has 2 rings (SSSR count). The van der Waals surface area contributed by atoms with Crippen LogP contribution in [0.1, 0.15) is 32.1 Å². The van der Waals surface area contributed by atoms with Crippen molar-refractivity contribution in [3.05, 3.63) is 5.82 Å². The van der Waals surface area contributed by atoms with Gasteiger partial charge in [0.1, 0.15) is 0 Å². The fourth-order valence-corrected chi connectivity index (χ4v) is 2.91. The molecule has 0 spiro atoms. The zero-order chi connectivity index (χ0) is 9.97. The Balaban J connectivity index is 1.91. The molecule has 0 radical (unpaired) electrons. The van der Waals surface area contributed by atoms with Crippen molar-refractivity contribution in [1.29, 1.82) is 0 Å². The number of aromatic amines is 1. The van der Waals surface area contributed by atoms with Gasteiger partial charge in [-0.15, -0.1) is 10.2 Å². The molecule has 1 aliphatic rings. The van der Waals surface area contributed by atoms with E-state index < -0.39 is 0 Å². The number of H-pyrrole nitrogens is 1. The Bertz CT molecular complexity index is 275. The molecule has 2 N–H and O–H groups in total. The van der Waals surface area contributed by atoms with Crippen LogP contribution in [0.4, 0.5) is 0 Å². The van der Waals surface area contributed by atoms with E-state index >= 15 is 0 Å². The van der Waals surface area contributed by atoms with Gasteiger partial charge in [-0.2, -0.15) is 17.0 Å². The van der Waals surface area contributed by atoms with E-state index in [1.54, 1.807) is 0 Å². The monoisotopic (exact) mass is 213 g/mol. The first-order valence-corrected chi connectivity index (χ1v) is 5.93. The summed E-state index contributed by atoms with van der Waals surface area (Å²) >= 11 is 2.02. The third-order valence-electron chi connectivity index (χ3n) is 2.59. The minimum Gasteiger partial charge on any atom is -0.303 e.